The van der Waals surface area contributed by atoms with Gasteiger partial charge in [-0.3, -0.25) is 9.36 Å². The maximum Gasteiger partial charge on any atom is 0.338 e. The third-order valence-electron chi connectivity index (χ3n) is 3.55. The van der Waals surface area contributed by atoms with Gasteiger partial charge in [0.2, 0.25) is 0 Å². The number of fused-ring (bicyclic) bond motifs is 1. The monoisotopic (exact) mass is 279 g/mol. The second-order valence-electron chi connectivity index (χ2n) is 4.79. The molecule has 1 aromatic heterocycles. The van der Waals surface area contributed by atoms with E-state index in [2.05, 4.69) is 0 Å². The van der Waals surface area contributed by atoms with E-state index in [4.69, 9.17) is 0 Å². The molecule has 104 valence electrons. The molecule has 4 nitrogen and oxygen atoms in total. The van der Waals surface area contributed by atoms with Gasteiger partial charge in [-0.2, -0.15) is 0 Å². The summed E-state index contributed by atoms with van der Waals surface area (Å²) in [6.07, 6.45) is 0. The first kappa shape index (κ1) is 13.1. The van der Waals surface area contributed by atoms with Crippen LogP contribution in [-0.2, 0) is 0 Å². The molecule has 0 saturated heterocycles. The number of aromatic nitrogens is 1. The van der Waals surface area contributed by atoms with Crippen molar-refractivity contribution in [2.75, 3.05) is 0 Å². The van der Waals surface area contributed by atoms with E-state index in [0.717, 1.165) is 0 Å². The van der Waals surface area contributed by atoms with Gasteiger partial charge >= 0.3 is 5.97 Å². The number of carboxylic acid groups (broad SMARTS) is 1. The minimum atomic E-state index is -1.02. The van der Waals surface area contributed by atoms with E-state index in [-0.39, 0.29) is 11.5 Å². The van der Waals surface area contributed by atoms with Gasteiger partial charge in [0.1, 0.15) is 0 Å². The van der Waals surface area contributed by atoms with Gasteiger partial charge < -0.3 is 5.11 Å². The Hall–Kier alpha value is -2.88. The Kier molecular flexibility index (Phi) is 3.06. The molecule has 3 aromatic rings. The number of aromatic carboxylic acids is 1. The summed E-state index contributed by atoms with van der Waals surface area (Å²) in [5.41, 5.74) is 1.76. The van der Waals surface area contributed by atoms with Crippen LogP contribution in [0.5, 0.6) is 0 Å². The molecule has 0 atom stereocenters. The lowest BCUT2D eigenvalue weighted by atomic mass is 10.1. The second-order valence-corrected chi connectivity index (χ2v) is 4.79. The average Bonchev–Trinajstić information content (AvgIpc) is 2.79. The van der Waals surface area contributed by atoms with Gasteiger partial charge in [0.25, 0.3) is 5.91 Å². The molecule has 0 aliphatic heterocycles. The Bertz CT molecular complexity index is 847. The largest absolute Gasteiger partial charge is 0.478 e. The minimum Gasteiger partial charge on any atom is -0.478 e. The molecule has 0 spiro atoms. The molecule has 21 heavy (non-hydrogen) atoms. The van der Waals surface area contributed by atoms with Gasteiger partial charge in [-0.25, -0.2) is 4.79 Å². The normalized spacial score (nSPS) is 10.7. The van der Waals surface area contributed by atoms with Gasteiger partial charge in [0.15, 0.2) is 0 Å². The Morgan fingerprint density at radius 2 is 1.57 bits per heavy atom. The predicted octanol–water partition coefficient (Wildman–Crippen LogP) is 3.34. The van der Waals surface area contributed by atoms with Gasteiger partial charge in [-0.05, 0) is 25.1 Å². The first-order valence-corrected chi connectivity index (χ1v) is 6.54. The van der Waals surface area contributed by atoms with Crippen molar-refractivity contribution in [3.05, 3.63) is 71.4 Å². The molecule has 0 amide bonds. The highest BCUT2D eigenvalue weighted by Crippen LogP contribution is 2.26. The number of carbonyl (C=O) groups excluding carboxylic acids is 1. The summed E-state index contributed by atoms with van der Waals surface area (Å²) in [6.45, 7) is 1.66. The van der Waals surface area contributed by atoms with Gasteiger partial charge in [0, 0.05) is 16.6 Å². The number of nitrogens with zero attached hydrogens (tertiary/aromatic N) is 1. The van der Waals surface area contributed by atoms with Crippen LogP contribution in [0.25, 0.3) is 10.9 Å². The van der Waals surface area contributed by atoms with E-state index >= 15 is 0 Å². The number of carboxylic acids is 1. The number of hydrogen-bond acceptors (Lipinski definition) is 2. The van der Waals surface area contributed by atoms with Crippen LogP contribution < -0.4 is 0 Å². The zero-order valence-corrected chi connectivity index (χ0v) is 11.4. The van der Waals surface area contributed by atoms with Crippen LogP contribution in [0.15, 0.2) is 54.6 Å². The van der Waals surface area contributed by atoms with Crippen molar-refractivity contribution in [2.45, 2.75) is 6.92 Å². The van der Waals surface area contributed by atoms with Crippen LogP contribution in [-0.4, -0.2) is 21.6 Å². The van der Waals surface area contributed by atoms with E-state index in [1.54, 1.807) is 55.5 Å². The summed E-state index contributed by atoms with van der Waals surface area (Å²) >= 11 is 0. The number of benzene rings is 2. The fourth-order valence-corrected chi connectivity index (χ4v) is 2.61. The van der Waals surface area contributed by atoms with Gasteiger partial charge in [0.05, 0.1) is 11.1 Å². The summed E-state index contributed by atoms with van der Waals surface area (Å²) in [6, 6.07) is 15.9. The number of carbonyl (C=O) groups is 2. The number of rotatable bonds is 2. The summed E-state index contributed by atoms with van der Waals surface area (Å²) < 4.78 is 1.47. The van der Waals surface area contributed by atoms with E-state index in [9.17, 15) is 14.7 Å². The Morgan fingerprint density at radius 3 is 2.24 bits per heavy atom. The van der Waals surface area contributed by atoms with Crippen molar-refractivity contribution < 1.29 is 14.7 Å². The Morgan fingerprint density at radius 1 is 0.952 bits per heavy atom. The van der Waals surface area contributed by atoms with E-state index in [1.807, 2.05) is 6.07 Å². The van der Waals surface area contributed by atoms with Gasteiger partial charge in [-0.15, -0.1) is 0 Å². The molecule has 2 aromatic carbocycles. The highest BCUT2D eigenvalue weighted by Gasteiger charge is 2.22. The first-order chi connectivity index (χ1) is 10.1. The first-order valence-electron chi connectivity index (χ1n) is 6.54. The van der Waals surface area contributed by atoms with Crippen molar-refractivity contribution in [3.8, 4) is 0 Å². The molecule has 0 bridgehead atoms. The molecule has 3 rings (SSSR count). The minimum absolute atomic E-state index is 0.176. The van der Waals surface area contributed by atoms with Crippen molar-refractivity contribution in [2.24, 2.45) is 0 Å². The standard InChI is InChI=1S/C17H13NO3/c1-11-15(17(20)21)13-9-5-6-10-14(13)18(11)16(19)12-7-3-2-4-8-12/h2-10H,1H3,(H,20,21). The van der Waals surface area contributed by atoms with E-state index in [1.165, 1.54) is 4.57 Å². The van der Waals surface area contributed by atoms with Crippen LogP contribution in [0, 0.1) is 6.92 Å². The smallest absolute Gasteiger partial charge is 0.338 e. The van der Waals surface area contributed by atoms with Crippen molar-refractivity contribution in [3.63, 3.8) is 0 Å². The molecule has 0 saturated carbocycles. The SMILES string of the molecule is Cc1c(C(=O)O)c2ccccc2n1C(=O)c1ccccc1. The molecular weight excluding hydrogens is 266 g/mol. The molecule has 0 unspecified atom stereocenters. The predicted molar refractivity (Wildman–Crippen MR) is 79.8 cm³/mol. The molecule has 1 heterocycles. The lowest BCUT2D eigenvalue weighted by Crippen LogP contribution is -2.14. The van der Waals surface area contributed by atoms with Crippen LogP contribution in [0.1, 0.15) is 26.4 Å². The molecule has 0 aliphatic carbocycles. The van der Waals surface area contributed by atoms with Crippen molar-refractivity contribution in [1.82, 2.24) is 4.57 Å². The molecular formula is C17H13NO3. The summed E-state index contributed by atoms with van der Waals surface area (Å²) in [5.74, 6) is -1.25. The highest BCUT2D eigenvalue weighted by atomic mass is 16.4. The van der Waals surface area contributed by atoms with Crippen LogP contribution in [0.3, 0.4) is 0 Å². The molecule has 1 N–H and O–H groups in total. The van der Waals surface area contributed by atoms with Crippen LogP contribution in [0.4, 0.5) is 0 Å². The molecule has 0 radical (unpaired) electrons. The summed E-state index contributed by atoms with van der Waals surface area (Å²) in [7, 11) is 0. The van der Waals surface area contributed by atoms with Crippen molar-refractivity contribution in [1.29, 1.82) is 0 Å². The number of para-hydroxylation sites is 1. The fraction of sp³-hybridized carbons (Fsp3) is 0.0588. The Balaban J connectivity index is 2.31. The number of hydrogen-bond donors (Lipinski definition) is 1. The lowest BCUT2D eigenvalue weighted by Gasteiger charge is -2.06. The third-order valence-corrected chi connectivity index (χ3v) is 3.55. The summed E-state index contributed by atoms with van der Waals surface area (Å²) in [5, 5.41) is 9.98. The zero-order valence-electron chi connectivity index (χ0n) is 11.4. The maximum atomic E-state index is 12.7. The topological polar surface area (TPSA) is 59.3 Å². The van der Waals surface area contributed by atoms with E-state index in [0.29, 0.717) is 22.2 Å². The van der Waals surface area contributed by atoms with E-state index < -0.39 is 5.97 Å². The lowest BCUT2D eigenvalue weighted by molar-refractivity contribution is 0.0698. The zero-order chi connectivity index (χ0) is 15.0. The fourth-order valence-electron chi connectivity index (χ4n) is 2.61. The average molecular weight is 279 g/mol. The van der Waals surface area contributed by atoms with Crippen LogP contribution >= 0.6 is 0 Å². The molecule has 4 heteroatoms. The summed E-state index contributed by atoms with van der Waals surface area (Å²) in [4.78, 5) is 24.2. The maximum absolute atomic E-state index is 12.7. The second kappa shape index (κ2) is 4.90. The highest BCUT2D eigenvalue weighted by molar-refractivity contribution is 6.11. The van der Waals surface area contributed by atoms with Gasteiger partial charge in [-0.1, -0.05) is 36.4 Å². The molecule has 0 fully saturated rings. The van der Waals surface area contributed by atoms with Crippen molar-refractivity contribution >= 4 is 22.8 Å². The Labute approximate surface area is 121 Å². The third kappa shape index (κ3) is 2.01. The quantitative estimate of drug-likeness (QED) is 0.782. The van der Waals surface area contributed by atoms with Crippen LogP contribution in [0.2, 0.25) is 0 Å². The molecule has 0 aliphatic rings.